The lowest BCUT2D eigenvalue weighted by Gasteiger charge is -2.35. The highest BCUT2D eigenvalue weighted by atomic mass is 16.5. The van der Waals surface area contributed by atoms with E-state index in [1.165, 1.54) is 0 Å². The maximum atomic E-state index is 12.5. The SMILES string of the molecule is CC(C)CC(=O)N1CCN(C(=O)COc2cccc(Oc3ccccn3)c2)CC1. The summed E-state index contributed by atoms with van der Waals surface area (Å²) in [6, 6.07) is 12.5. The Bertz CT molecular complexity index is 818. The van der Waals surface area contributed by atoms with E-state index in [-0.39, 0.29) is 18.4 Å². The van der Waals surface area contributed by atoms with Gasteiger partial charge in [-0.25, -0.2) is 4.98 Å². The second kappa shape index (κ2) is 9.91. The molecule has 1 fully saturated rings. The van der Waals surface area contributed by atoms with E-state index in [1.54, 1.807) is 41.4 Å². The first kappa shape index (κ1) is 20.6. The van der Waals surface area contributed by atoms with E-state index in [0.29, 0.717) is 55.9 Å². The first-order valence-electron chi connectivity index (χ1n) is 9.88. The van der Waals surface area contributed by atoms with Crippen LogP contribution in [0.15, 0.2) is 48.7 Å². The van der Waals surface area contributed by atoms with Crippen LogP contribution in [0.3, 0.4) is 0 Å². The number of nitrogens with zero attached hydrogens (tertiary/aromatic N) is 3. The van der Waals surface area contributed by atoms with Gasteiger partial charge in [0.05, 0.1) is 0 Å². The molecular formula is C22H27N3O4. The van der Waals surface area contributed by atoms with Crippen LogP contribution in [-0.4, -0.2) is 59.4 Å². The van der Waals surface area contributed by atoms with Crippen molar-refractivity contribution in [1.82, 2.24) is 14.8 Å². The Balaban J connectivity index is 1.46. The quantitative estimate of drug-likeness (QED) is 0.718. The molecule has 1 aliphatic rings. The molecule has 1 saturated heterocycles. The molecule has 2 heterocycles. The van der Waals surface area contributed by atoms with Crippen LogP contribution in [0.2, 0.25) is 0 Å². The van der Waals surface area contributed by atoms with Gasteiger partial charge in [0, 0.05) is 50.9 Å². The molecule has 0 N–H and O–H groups in total. The number of amides is 2. The van der Waals surface area contributed by atoms with Crippen LogP contribution < -0.4 is 9.47 Å². The highest BCUT2D eigenvalue weighted by Gasteiger charge is 2.24. The van der Waals surface area contributed by atoms with Crippen LogP contribution in [0.4, 0.5) is 0 Å². The van der Waals surface area contributed by atoms with Gasteiger partial charge >= 0.3 is 0 Å². The Morgan fingerprint density at radius 3 is 2.31 bits per heavy atom. The van der Waals surface area contributed by atoms with E-state index < -0.39 is 0 Å². The summed E-state index contributed by atoms with van der Waals surface area (Å²) in [6.07, 6.45) is 2.21. The summed E-state index contributed by atoms with van der Waals surface area (Å²) in [6.45, 7) is 6.24. The molecule has 29 heavy (non-hydrogen) atoms. The minimum absolute atomic E-state index is 0.0486. The van der Waals surface area contributed by atoms with E-state index in [1.807, 2.05) is 30.9 Å². The van der Waals surface area contributed by atoms with Crippen LogP contribution in [0.25, 0.3) is 0 Å². The molecule has 7 nitrogen and oxygen atoms in total. The highest BCUT2D eigenvalue weighted by Crippen LogP contribution is 2.23. The van der Waals surface area contributed by atoms with Crippen molar-refractivity contribution in [2.75, 3.05) is 32.8 Å². The first-order chi connectivity index (χ1) is 14.0. The fraction of sp³-hybridized carbons (Fsp3) is 0.409. The van der Waals surface area contributed by atoms with Crippen LogP contribution in [0, 0.1) is 5.92 Å². The minimum Gasteiger partial charge on any atom is -0.484 e. The van der Waals surface area contributed by atoms with Gasteiger partial charge in [-0.1, -0.05) is 26.0 Å². The Morgan fingerprint density at radius 2 is 1.66 bits per heavy atom. The van der Waals surface area contributed by atoms with E-state index in [4.69, 9.17) is 9.47 Å². The van der Waals surface area contributed by atoms with Gasteiger partial charge in [-0.15, -0.1) is 0 Å². The molecule has 0 unspecified atom stereocenters. The number of benzene rings is 1. The van der Waals surface area contributed by atoms with Crippen molar-refractivity contribution < 1.29 is 19.1 Å². The summed E-state index contributed by atoms with van der Waals surface area (Å²) >= 11 is 0. The van der Waals surface area contributed by atoms with Crippen LogP contribution in [-0.2, 0) is 9.59 Å². The molecule has 7 heteroatoms. The van der Waals surface area contributed by atoms with Crippen molar-refractivity contribution in [3.8, 4) is 17.4 Å². The number of carbonyl (C=O) groups is 2. The Kier molecular flexibility index (Phi) is 7.05. The lowest BCUT2D eigenvalue weighted by atomic mass is 10.1. The maximum absolute atomic E-state index is 12.5. The first-order valence-corrected chi connectivity index (χ1v) is 9.88. The zero-order valence-electron chi connectivity index (χ0n) is 16.9. The lowest BCUT2D eigenvalue weighted by molar-refractivity contribution is -0.141. The second-order valence-corrected chi connectivity index (χ2v) is 7.39. The third-order valence-electron chi connectivity index (χ3n) is 4.60. The van der Waals surface area contributed by atoms with Crippen molar-refractivity contribution in [3.63, 3.8) is 0 Å². The normalized spacial score (nSPS) is 14.0. The smallest absolute Gasteiger partial charge is 0.260 e. The molecule has 154 valence electrons. The molecule has 1 aromatic carbocycles. The average Bonchev–Trinajstić information content (AvgIpc) is 2.73. The predicted octanol–water partition coefficient (Wildman–Crippen LogP) is 2.97. The van der Waals surface area contributed by atoms with Crippen molar-refractivity contribution >= 4 is 11.8 Å². The van der Waals surface area contributed by atoms with Gasteiger partial charge in [0.15, 0.2) is 6.61 Å². The molecule has 1 aromatic heterocycles. The Morgan fingerprint density at radius 1 is 0.966 bits per heavy atom. The summed E-state index contributed by atoms with van der Waals surface area (Å²) in [5.74, 6) is 2.05. The van der Waals surface area contributed by atoms with Gasteiger partial charge in [-0.2, -0.15) is 0 Å². The molecule has 0 radical (unpaired) electrons. The molecule has 3 rings (SSSR count). The van der Waals surface area contributed by atoms with Gasteiger partial charge < -0.3 is 19.3 Å². The summed E-state index contributed by atoms with van der Waals surface area (Å²) in [7, 11) is 0. The molecule has 0 saturated carbocycles. The lowest BCUT2D eigenvalue weighted by Crippen LogP contribution is -2.51. The topological polar surface area (TPSA) is 72.0 Å². The van der Waals surface area contributed by atoms with E-state index in [9.17, 15) is 9.59 Å². The number of aromatic nitrogens is 1. The van der Waals surface area contributed by atoms with Crippen molar-refractivity contribution in [2.24, 2.45) is 5.92 Å². The molecule has 0 spiro atoms. The van der Waals surface area contributed by atoms with E-state index in [2.05, 4.69) is 4.98 Å². The molecule has 1 aliphatic heterocycles. The molecular weight excluding hydrogens is 370 g/mol. The van der Waals surface area contributed by atoms with E-state index in [0.717, 1.165) is 0 Å². The monoisotopic (exact) mass is 397 g/mol. The zero-order valence-corrected chi connectivity index (χ0v) is 16.9. The summed E-state index contributed by atoms with van der Waals surface area (Å²) in [5.41, 5.74) is 0. The van der Waals surface area contributed by atoms with Gasteiger partial charge in [-0.3, -0.25) is 9.59 Å². The van der Waals surface area contributed by atoms with Crippen molar-refractivity contribution in [3.05, 3.63) is 48.7 Å². The molecule has 2 aromatic rings. The van der Waals surface area contributed by atoms with Gasteiger partial charge in [0.1, 0.15) is 11.5 Å². The summed E-state index contributed by atoms with van der Waals surface area (Å²) in [5, 5.41) is 0. The fourth-order valence-corrected chi connectivity index (χ4v) is 3.08. The number of pyridine rings is 1. The van der Waals surface area contributed by atoms with Crippen LogP contribution in [0.1, 0.15) is 20.3 Å². The Hall–Kier alpha value is -3.09. The number of piperazine rings is 1. The number of rotatable bonds is 7. The van der Waals surface area contributed by atoms with Crippen molar-refractivity contribution in [2.45, 2.75) is 20.3 Å². The standard InChI is InChI=1S/C22H27N3O4/c1-17(2)14-21(26)24-10-12-25(13-11-24)22(27)16-28-18-6-5-7-19(15-18)29-20-8-3-4-9-23-20/h3-9,15,17H,10-14,16H2,1-2H3. The third-order valence-corrected chi connectivity index (χ3v) is 4.60. The number of carbonyl (C=O) groups excluding carboxylic acids is 2. The van der Waals surface area contributed by atoms with Gasteiger partial charge in [0.2, 0.25) is 11.8 Å². The zero-order chi connectivity index (χ0) is 20.6. The molecule has 2 amide bonds. The predicted molar refractivity (Wildman–Crippen MR) is 109 cm³/mol. The number of hydrogen-bond donors (Lipinski definition) is 0. The van der Waals surface area contributed by atoms with E-state index >= 15 is 0 Å². The largest absolute Gasteiger partial charge is 0.484 e. The molecule has 0 aliphatic carbocycles. The fourth-order valence-electron chi connectivity index (χ4n) is 3.08. The van der Waals surface area contributed by atoms with Crippen molar-refractivity contribution in [1.29, 1.82) is 0 Å². The number of hydrogen-bond acceptors (Lipinski definition) is 5. The van der Waals surface area contributed by atoms with Crippen LogP contribution in [0.5, 0.6) is 17.4 Å². The third kappa shape index (κ3) is 6.20. The van der Waals surface area contributed by atoms with Gasteiger partial charge in [-0.05, 0) is 24.1 Å². The summed E-state index contributed by atoms with van der Waals surface area (Å²) in [4.78, 5) is 32.3. The molecule has 0 bridgehead atoms. The minimum atomic E-state index is -0.0861. The van der Waals surface area contributed by atoms with Crippen LogP contribution >= 0.6 is 0 Å². The van der Waals surface area contributed by atoms with Gasteiger partial charge in [0.25, 0.3) is 5.91 Å². The maximum Gasteiger partial charge on any atom is 0.260 e. The summed E-state index contributed by atoms with van der Waals surface area (Å²) < 4.78 is 11.3. The molecule has 0 atom stereocenters. The Labute approximate surface area is 171 Å². The highest BCUT2D eigenvalue weighted by molar-refractivity contribution is 5.79. The number of ether oxygens (including phenoxy) is 2. The average molecular weight is 397 g/mol. The second-order valence-electron chi connectivity index (χ2n) is 7.39.